The quantitative estimate of drug-likeness (QED) is 0.324. The van der Waals surface area contributed by atoms with Crippen LogP contribution >= 0.6 is 35.3 Å². The molecule has 0 radical (unpaired) electrons. The Labute approximate surface area is 193 Å². The predicted molar refractivity (Wildman–Crippen MR) is 129 cm³/mol. The minimum atomic E-state index is 0. The highest BCUT2D eigenvalue weighted by atomic mass is 127. The summed E-state index contributed by atoms with van der Waals surface area (Å²) in [5, 5.41) is 8.91. The van der Waals surface area contributed by atoms with Gasteiger partial charge in [-0.2, -0.15) is 0 Å². The van der Waals surface area contributed by atoms with Gasteiger partial charge in [0.25, 0.3) is 0 Å². The second kappa shape index (κ2) is 12.2. The van der Waals surface area contributed by atoms with Crippen molar-refractivity contribution in [3.8, 4) is 11.5 Å². The third-order valence-corrected chi connectivity index (χ3v) is 5.66. The molecule has 3 rings (SSSR count). The molecule has 1 unspecified atom stereocenters. The minimum Gasteiger partial charge on any atom is -0.493 e. The molecule has 29 heavy (non-hydrogen) atoms. The number of thiophene rings is 1. The van der Waals surface area contributed by atoms with Crippen LogP contribution < -0.4 is 20.1 Å². The number of nitrogens with one attached hydrogen (secondary N) is 2. The number of aliphatic imine (C=N–C) groups is 1. The average molecular weight is 532 g/mol. The zero-order valence-corrected chi connectivity index (χ0v) is 20.2. The number of benzene rings is 1. The van der Waals surface area contributed by atoms with Crippen LogP contribution in [0.2, 0.25) is 0 Å². The van der Waals surface area contributed by atoms with Crippen molar-refractivity contribution in [3.63, 3.8) is 0 Å². The van der Waals surface area contributed by atoms with E-state index in [1.807, 2.05) is 18.2 Å². The Hall–Kier alpha value is -1.56. The van der Waals surface area contributed by atoms with Gasteiger partial charge in [0.05, 0.1) is 33.5 Å². The number of anilines is 1. The van der Waals surface area contributed by atoms with E-state index in [-0.39, 0.29) is 30.0 Å². The van der Waals surface area contributed by atoms with E-state index >= 15 is 0 Å². The molecule has 2 N–H and O–H groups in total. The Kier molecular flexibility index (Phi) is 9.98. The largest absolute Gasteiger partial charge is 0.493 e. The zero-order chi connectivity index (χ0) is 19.8. The molecule has 1 saturated heterocycles. The summed E-state index contributed by atoms with van der Waals surface area (Å²) in [7, 11) is 5.02. The first-order valence-electron chi connectivity index (χ1n) is 9.30. The number of hydrogen-bond donors (Lipinski definition) is 2. The fourth-order valence-electron chi connectivity index (χ4n) is 3.20. The number of guanidine groups is 1. The van der Waals surface area contributed by atoms with Gasteiger partial charge in [0, 0.05) is 43.3 Å². The summed E-state index contributed by atoms with van der Waals surface area (Å²) in [4.78, 5) is 8.17. The number of methoxy groups -OCH3 is 2. The second-order valence-corrected chi connectivity index (χ2v) is 7.31. The van der Waals surface area contributed by atoms with Crippen molar-refractivity contribution in [1.82, 2.24) is 10.2 Å². The molecule has 7 nitrogen and oxygen atoms in total. The van der Waals surface area contributed by atoms with Gasteiger partial charge in [-0.05, 0) is 23.6 Å². The van der Waals surface area contributed by atoms with Gasteiger partial charge in [-0.15, -0.1) is 35.3 Å². The van der Waals surface area contributed by atoms with E-state index < -0.39 is 0 Å². The van der Waals surface area contributed by atoms with Gasteiger partial charge < -0.3 is 24.8 Å². The van der Waals surface area contributed by atoms with E-state index in [0.29, 0.717) is 17.5 Å². The lowest BCUT2D eigenvalue weighted by Gasteiger charge is -2.34. The predicted octanol–water partition coefficient (Wildman–Crippen LogP) is 3.44. The second-order valence-electron chi connectivity index (χ2n) is 6.33. The van der Waals surface area contributed by atoms with Crippen molar-refractivity contribution in [2.24, 2.45) is 4.99 Å². The van der Waals surface area contributed by atoms with Crippen LogP contribution in [0.3, 0.4) is 0 Å². The first kappa shape index (κ1) is 23.7. The van der Waals surface area contributed by atoms with E-state index in [4.69, 9.17) is 14.2 Å². The van der Waals surface area contributed by atoms with E-state index in [0.717, 1.165) is 38.5 Å². The molecule has 1 aliphatic heterocycles. The van der Waals surface area contributed by atoms with Gasteiger partial charge in [0.2, 0.25) is 0 Å². The van der Waals surface area contributed by atoms with E-state index in [2.05, 4.69) is 38.0 Å². The fraction of sp³-hybridized carbons (Fsp3) is 0.450. The van der Waals surface area contributed by atoms with Crippen molar-refractivity contribution < 1.29 is 14.2 Å². The van der Waals surface area contributed by atoms with Gasteiger partial charge in [-0.25, -0.2) is 0 Å². The molecule has 1 fully saturated rings. The van der Waals surface area contributed by atoms with Crippen LogP contribution in [0.4, 0.5) is 5.69 Å². The van der Waals surface area contributed by atoms with Crippen LogP contribution in [-0.2, 0) is 4.74 Å². The molecule has 1 aromatic carbocycles. The van der Waals surface area contributed by atoms with Crippen LogP contribution in [-0.4, -0.2) is 65.0 Å². The molecular formula is C20H29IN4O3S. The highest BCUT2D eigenvalue weighted by Gasteiger charge is 2.23. The van der Waals surface area contributed by atoms with Crippen LogP contribution in [0, 0.1) is 0 Å². The van der Waals surface area contributed by atoms with Crippen LogP contribution in [0.5, 0.6) is 11.5 Å². The summed E-state index contributed by atoms with van der Waals surface area (Å²) in [6.07, 6.45) is 0. The Morgan fingerprint density at radius 2 is 1.97 bits per heavy atom. The Balaban J connectivity index is 0.00000300. The minimum absolute atomic E-state index is 0. The Morgan fingerprint density at radius 1 is 1.21 bits per heavy atom. The first-order valence-corrected chi connectivity index (χ1v) is 10.2. The number of rotatable bonds is 7. The summed E-state index contributed by atoms with van der Waals surface area (Å²) in [5.41, 5.74) is 0.879. The number of halogens is 1. The number of hydrogen-bond acceptors (Lipinski definition) is 6. The summed E-state index contributed by atoms with van der Waals surface area (Å²) in [6.45, 7) is 4.19. The summed E-state index contributed by atoms with van der Waals surface area (Å²) in [6, 6.07) is 10.3. The molecule has 0 bridgehead atoms. The van der Waals surface area contributed by atoms with Gasteiger partial charge in [-0.1, -0.05) is 6.07 Å². The van der Waals surface area contributed by atoms with E-state index in [9.17, 15) is 0 Å². The SMILES string of the molecule is CN=C(NCC(c1cccs1)N1CCOCC1)Nc1ccc(OC)c(OC)c1.I. The maximum Gasteiger partial charge on any atom is 0.195 e. The molecule has 1 atom stereocenters. The number of morpholine rings is 1. The molecule has 160 valence electrons. The summed E-state index contributed by atoms with van der Waals surface area (Å²) in [5.74, 6) is 2.08. The Morgan fingerprint density at radius 3 is 2.59 bits per heavy atom. The zero-order valence-electron chi connectivity index (χ0n) is 17.0. The van der Waals surface area contributed by atoms with Crippen molar-refractivity contribution in [3.05, 3.63) is 40.6 Å². The van der Waals surface area contributed by atoms with E-state index in [1.54, 1.807) is 32.6 Å². The molecule has 0 amide bonds. The van der Waals surface area contributed by atoms with Crippen LogP contribution in [0.1, 0.15) is 10.9 Å². The lowest BCUT2D eigenvalue weighted by atomic mass is 10.2. The van der Waals surface area contributed by atoms with Crippen molar-refractivity contribution >= 4 is 47.0 Å². The van der Waals surface area contributed by atoms with Crippen molar-refractivity contribution in [2.45, 2.75) is 6.04 Å². The molecule has 0 aliphatic carbocycles. The monoisotopic (exact) mass is 532 g/mol. The smallest absolute Gasteiger partial charge is 0.195 e. The van der Waals surface area contributed by atoms with E-state index in [1.165, 1.54) is 4.88 Å². The van der Waals surface area contributed by atoms with Gasteiger partial charge >= 0.3 is 0 Å². The molecule has 9 heteroatoms. The van der Waals surface area contributed by atoms with Gasteiger partial charge in [0.1, 0.15) is 0 Å². The molecule has 2 heterocycles. The van der Waals surface area contributed by atoms with Crippen molar-refractivity contribution in [1.29, 1.82) is 0 Å². The highest BCUT2D eigenvalue weighted by molar-refractivity contribution is 14.0. The maximum absolute atomic E-state index is 5.52. The lowest BCUT2D eigenvalue weighted by molar-refractivity contribution is 0.0177. The highest BCUT2D eigenvalue weighted by Crippen LogP contribution is 2.30. The lowest BCUT2D eigenvalue weighted by Crippen LogP contribution is -2.44. The topological polar surface area (TPSA) is 67.4 Å². The summed E-state index contributed by atoms with van der Waals surface area (Å²) < 4.78 is 16.2. The molecule has 0 saturated carbocycles. The summed E-state index contributed by atoms with van der Waals surface area (Å²) >= 11 is 1.78. The van der Waals surface area contributed by atoms with Gasteiger partial charge in [-0.3, -0.25) is 9.89 Å². The van der Waals surface area contributed by atoms with Crippen LogP contribution in [0.15, 0.2) is 40.7 Å². The number of nitrogens with zero attached hydrogens (tertiary/aromatic N) is 2. The fourth-order valence-corrected chi connectivity index (χ4v) is 4.06. The molecule has 1 aromatic heterocycles. The Bertz CT molecular complexity index is 767. The third kappa shape index (κ3) is 6.46. The molecule has 2 aromatic rings. The molecule has 0 spiro atoms. The number of ether oxygens (including phenoxy) is 3. The van der Waals surface area contributed by atoms with Crippen LogP contribution in [0.25, 0.3) is 0 Å². The standard InChI is InChI=1S/C20H28N4O3S.HI/c1-21-20(23-15-6-7-17(25-2)18(13-15)26-3)22-14-16(19-5-4-12-28-19)24-8-10-27-11-9-24;/h4-7,12-13,16H,8-11,14H2,1-3H3,(H2,21,22,23);1H. The average Bonchev–Trinajstić information content (AvgIpc) is 3.28. The molecule has 1 aliphatic rings. The first-order chi connectivity index (χ1) is 13.7. The molecular weight excluding hydrogens is 503 g/mol. The van der Waals surface area contributed by atoms with Crippen molar-refractivity contribution in [2.75, 3.05) is 59.4 Å². The van der Waals surface area contributed by atoms with Gasteiger partial charge in [0.15, 0.2) is 17.5 Å². The third-order valence-electron chi connectivity index (χ3n) is 4.69. The maximum atomic E-state index is 5.52. The normalized spacial score (nSPS) is 15.9.